The third kappa shape index (κ3) is 3.97. The molecule has 4 nitrogen and oxygen atoms in total. The van der Waals surface area contributed by atoms with Crippen molar-refractivity contribution in [3.8, 4) is 0 Å². The Bertz CT molecular complexity index is 653. The van der Waals surface area contributed by atoms with Crippen molar-refractivity contribution >= 4 is 10.0 Å². The van der Waals surface area contributed by atoms with E-state index in [-0.39, 0.29) is 0 Å². The van der Waals surface area contributed by atoms with E-state index in [1.54, 1.807) is 10.4 Å². The van der Waals surface area contributed by atoms with E-state index in [0.29, 0.717) is 18.0 Å². The minimum absolute atomic E-state index is 0.441. The van der Waals surface area contributed by atoms with E-state index in [9.17, 15) is 8.42 Å². The number of benzene rings is 1. The molecule has 1 aromatic carbocycles. The van der Waals surface area contributed by atoms with Crippen molar-refractivity contribution in [1.29, 1.82) is 0 Å². The SMILES string of the molecule is CC(C)=CCN1CCN(S(=O)(=O)c2ccc(C)cc2C)CC1. The van der Waals surface area contributed by atoms with Crippen LogP contribution in [0.5, 0.6) is 0 Å². The molecule has 1 heterocycles. The van der Waals surface area contributed by atoms with Crippen LogP contribution < -0.4 is 0 Å². The van der Waals surface area contributed by atoms with Gasteiger partial charge in [-0.1, -0.05) is 29.3 Å². The zero-order valence-electron chi connectivity index (χ0n) is 14.0. The molecule has 5 heteroatoms. The lowest BCUT2D eigenvalue weighted by Gasteiger charge is -2.33. The lowest BCUT2D eigenvalue weighted by atomic mass is 10.2. The summed E-state index contributed by atoms with van der Waals surface area (Å²) in [7, 11) is -3.37. The van der Waals surface area contributed by atoms with Gasteiger partial charge >= 0.3 is 0 Å². The molecular weight excluding hydrogens is 296 g/mol. The fourth-order valence-corrected chi connectivity index (χ4v) is 4.32. The molecular formula is C17H26N2O2S. The minimum atomic E-state index is -3.37. The van der Waals surface area contributed by atoms with Gasteiger partial charge in [-0.25, -0.2) is 8.42 Å². The van der Waals surface area contributed by atoms with E-state index in [2.05, 4.69) is 24.8 Å². The predicted octanol–water partition coefficient (Wildman–Crippen LogP) is 2.58. The van der Waals surface area contributed by atoms with E-state index in [1.165, 1.54) is 5.57 Å². The highest BCUT2D eigenvalue weighted by atomic mass is 32.2. The molecule has 1 aliphatic heterocycles. The molecule has 0 amide bonds. The van der Waals surface area contributed by atoms with E-state index < -0.39 is 10.0 Å². The van der Waals surface area contributed by atoms with E-state index in [0.717, 1.165) is 30.8 Å². The Labute approximate surface area is 134 Å². The van der Waals surface area contributed by atoms with Crippen LogP contribution in [0.3, 0.4) is 0 Å². The molecule has 1 saturated heterocycles. The van der Waals surface area contributed by atoms with Crippen molar-refractivity contribution in [2.24, 2.45) is 0 Å². The number of nitrogens with zero attached hydrogens (tertiary/aromatic N) is 2. The molecule has 1 aliphatic rings. The van der Waals surface area contributed by atoms with Crippen molar-refractivity contribution in [3.63, 3.8) is 0 Å². The van der Waals surface area contributed by atoms with Crippen molar-refractivity contribution in [2.75, 3.05) is 32.7 Å². The summed E-state index contributed by atoms with van der Waals surface area (Å²) < 4.78 is 27.2. The number of sulfonamides is 1. The van der Waals surface area contributed by atoms with E-state index in [1.807, 2.05) is 26.0 Å². The molecule has 0 bridgehead atoms. The lowest BCUT2D eigenvalue weighted by Crippen LogP contribution is -2.48. The van der Waals surface area contributed by atoms with Gasteiger partial charge in [-0.2, -0.15) is 4.31 Å². The van der Waals surface area contributed by atoms with E-state index >= 15 is 0 Å². The van der Waals surface area contributed by atoms with Crippen LogP contribution in [0.2, 0.25) is 0 Å². The van der Waals surface area contributed by atoms with Crippen molar-refractivity contribution in [1.82, 2.24) is 9.21 Å². The standard InChI is InChI=1S/C17H26N2O2S/c1-14(2)7-8-18-9-11-19(12-10-18)22(20,21)17-6-5-15(3)13-16(17)4/h5-7,13H,8-12H2,1-4H3. The molecule has 0 unspecified atom stereocenters. The first kappa shape index (κ1) is 17.2. The van der Waals surface area contributed by atoms with Gasteiger partial charge in [0, 0.05) is 32.7 Å². The first-order valence-corrected chi connectivity index (χ1v) is 9.18. The number of aryl methyl sites for hydroxylation is 2. The van der Waals surface area contributed by atoms with Gasteiger partial charge in [0.2, 0.25) is 10.0 Å². The maximum absolute atomic E-state index is 12.8. The average molecular weight is 322 g/mol. The van der Waals surface area contributed by atoms with Gasteiger partial charge in [0.05, 0.1) is 4.90 Å². The highest BCUT2D eigenvalue weighted by Crippen LogP contribution is 2.22. The van der Waals surface area contributed by atoms with Gasteiger partial charge in [0.25, 0.3) is 0 Å². The topological polar surface area (TPSA) is 40.6 Å². The average Bonchev–Trinajstić information content (AvgIpc) is 2.45. The van der Waals surface area contributed by atoms with E-state index in [4.69, 9.17) is 0 Å². The molecule has 0 spiro atoms. The van der Waals surface area contributed by atoms with Gasteiger partial charge in [-0.3, -0.25) is 4.90 Å². The number of piperazine rings is 1. The van der Waals surface area contributed by atoms with Crippen LogP contribution in [-0.2, 0) is 10.0 Å². The second-order valence-corrected chi connectivity index (χ2v) is 8.16. The molecule has 122 valence electrons. The van der Waals surface area contributed by atoms with Crippen LogP contribution in [0.25, 0.3) is 0 Å². The second kappa shape index (κ2) is 6.94. The van der Waals surface area contributed by atoms with Gasteiger partial charge in [-0.15, -0.1) is 0 Å². The van der Waals surface area contributed by atoms with Crippen molar-refractivity contribution in [2.45, 2.75) is 32.6 Å². The fourth-order valence-electron chi connectivity index (χ4n) is 2.69. The summed E-state index contributed by atoms with van der Waals surface area (Å²) in [5, 5.41) is 0. The largest absolute Gasteiger partial charge is 0.297 e. The van der Waals surface area contributed by atoms with Crippen LogP contribution in [0.1, 0.15) is 25.0 Å². The molecule has 0 radical (unpaired) electrons. The monoisotopic (exact) mass is 322 g/mol. The quantitative estimate of drug-likeness (QED) is 0.800. The highest BCUT2D eigenvalue weighted by Gasteiger charge is 2.29. The smallest absolute Gasteiger partial charge is 0.243 e. The summed E-state index contributed by atoms with van der Waals surface area (Å²) in [4.78, 5) is 2.73. The molecule has 0 atom stereocenters. The molecule has 0 aliphatic carbocycles. The molecule has 0 N–H and O–H groups in total. The summed E-state index contributed by atoms with van der Waals surface area (Å²) in [6, 6.07) is 5.53. The third-order valence-electron chi connectivity index (χ3n) is 4.04. The zero-order chi connectivity index (χ0) is 16.3. The highest BCUT2D eigenvalue weighted by molar-refractivity contribution is 7.89. The number of rotatable bonds is 4. The van der Waals surface area contributed by atoms with Gasteiger partial charge in [0.15, 0.2) is 0 Å². The Morgan fingerprint density at radius 2 is 1.77 bits per heavy atom. The summed E-state index contributed by atoms with van der Waals surface area (Å²) in [6.45, 7) is 11.6. The molecule has 1 fully saturated rings. The van der Waals surface area contributed by atoms with Crippen molar-refractivity contribution in [3.05, 3.63) is 41.0 Å². The normalized spacial score (nSPS) is 17.5. The molecule has 0 aromatic heterocycles. The Morgan fingerprint density at radius 3 is 2.32 bits per heavy atom. The maximum Gasteiger partial charge on any atom is 0.243 e. The molecule has 0 saturated carbocycles. The number of hydrogen-bond donors (Lipinski definition) is 0. The lowest BCUT2D eigenvalue weighted by molar-refractivity contribution is 0.204. The van der Waals surface area contributed by atoms with Gasteiger partial charge < -0.3 is 0 Å². The van der Waals surface area contributed by atoms with Crippen LogP contribution in [0.4, 0.5) is 0 Å². The molecule has 22 heavy (non-hydrogen) atoms. The third-order valence-corrected chi connectivity index (χ3v) is 6.10. The first-order valence-electron chi connectivity index (χ1n) is 7.74. The van der Waals surface area contributed by atoms with Gasteiger partial charge in [-0.05, 0) is 39.3 Å². The van der Waals surface area contributed by atoms with Gasteiger partial charge in [0.1, 0.15) is 0 Å². The Hall–Kier alpha value is -1.17. The van der Waals surface area contributed by atoms with Crippen LogP contribution in [-0.4, -0.2) is 50.3 Å². The first-order chi connectivity index (χ1) is 10.3. The van der Waals surface area contributed by atoms with Crippen LogP contribution in [0, 0.1) is 13.8 Å². The second-order valence-electron chi connectivity index (χ2n) is 6.26. The summed E-state index contributed by atoms with van der Waals surface area (Å²) >= 11 is 0. The number of allylic oxidation sites excluding steroid dienone is 1. The van der Waals surface area contributed by atoms with Crippen molar-refractivity contribution < 1.29 is 8.42 Å². The van der Waals surface area contributed by atoms with Crippen LogP contribution in [0.15, 0.2) is 34.7 Å². The fraction of sp³-hybridized carbons (Fsp3) is 0.529. The Morgan fingerprint density at radius 1 is 1.14 bits per heavy atom. The summed E-state index contributed by atoms with van der Waals surface area (Å²) in [5.41, 5.74) is 3.21. The zero-order valence-corrected chi connectivity index (χ0v) is 14.8. The summed E-state index contributed by atoms with van der Waals surface area (Å²) in [6.07, 6.45) is 2.19. The Balaban J connectivity index is 2.08. The van der Waals surface area contributed by atoms with Crippen LogP contribution >= 0.6 is 0 Å². The predicted molar refractivity (Wildman–Crippen MR) is 90.5 cm³/mol. The minimum Gasteiger partial charge on any atom is -0.297 e. The summed E-state index contributed by atoms with van der Waals surface area (Å²) in [5.74, 6) is 0. The Kier molecular flexibility index (Phi) is 5.42. The molecule has 2 rings (SSSR count). The molecule has 1 aromatic rings. The maximum atomic E-state index is 12.8. The number of hydrogen-bond acceptors (Lipinski definition) is 3.